The average molecular weight is 361 g/mol. The molecule has 0 fully saturated rings. The summed E-state index contributed by atoms with van der Waals surface area (Å²) in [6.45, 7) is 1.91. The molecule has 4 N–H and O–H groups in total. The number of nitrogen functional groups attached to an aromatic ring is 1. The molecule has 0 bridgehead atoms. The van der Waals surface area contributed by atoms with Gasteiger partial charge in [0.05, 0.1) is 11.3 Å². The third-order valence-corrected chi connectivity index (χ3v) is 3.34. The summed E-state index contributed by atoms with van der Waals surface area (Å²) < 4.78 is 39.2. The molecule has 1 heterocycles. The second-order valence-electron chi connectivity index (χ2n) is 4.38. The van der Waals surface area contributed by atoms with E-state index in [4.69, 9.17) is 5.84 Å². The van der Waals surface area contributed by atoms with Crippen LogP contribution in [0.4, 0.5) is 30.5 Å². The molecule has 0 amide bonds. The molecular formula is C13H12BrF3N4. The van der Waals surface area contributed by atoms with Crippen LogP contribution >= 0.6 is 15.9 Å². The minimum Gasteiger partial charge on any atom is -0.339 e. The van der Waals surface area contributed by atoms with Gasteiger partial charge in [0.2, 0.25) is 0 Å². The number of nitrogens with two attached hydrogens (primary N) is 1. The number of halogens is 4. The monoisotopic (exact) mass is 360 g/mol. The smallest absolute Gasteiger partial charge is 0.339 e. The number of hydrogen-bond acceptors (Lipinski definition) is 4. The van der Waals surface area contributed by atoms with Crippen LogP contribution in [-0.2, 0) is 6.18 Å². The number of hydrogen-bond donors (Lipinski definition) is 3. The van der Waals surface area contributed by atoms with E-state index >= 15 is 0 Å². The Hall–Kier alpha value is -1.80. The molecule has 0 radical (unpaired) electrons. The molecule has 0 aliphatic heterocycles. The summed E-state index contributed by atoms with van der Waals surface area (Å²) in [7, 11) is 0. The van der Waals surface area contributed by atoms with Crippen LogP contribution in [0.1, 0.15) is 11.1 Å². The lowest BCUT2D eigenvalue weighted by atomic mass is 10.2. The molecule has 0 saturated heterocycles. The Morgan fingerprint density at radius 2 is 1.81 bits per heavy atom. The van der Waals surface area contributed by atoms with Crippen molar-refractivity contribution in [3.63, 3.8) is 0 Å². The van der Waals surface area contributed by atoms with E-state index in [1.165, 1.54) is 0 Å². The van der Waals surface area contributed by atoms with E-state index in [0.717, 1.165) is 22.2 Å². The van der Waals surface area contributed by atoms with Crippen LogP contribution in [0.15, 0.2) is 34.8 Å². The van der Waals surface area contributed by atoms with Gasteiger partial charge in [0.25, 0.3) is 0 Å². The number of pyridine rings is 1. The lowest BCUT2D eigenvalue weighted by Crippen LogP contribution is -2.13. The molecule has 0 spiro atoms. The van der Waals surface area contributed by atoms with Crippen LogP contribution in [0.25, 0.3) is 0 Å². The Morgan fingerprint density at radius 3 is 2.38 bits per heavy atom. The molecule has 0 aliphatic carbocycles. The fourth-order valence-corrected chi connectivity index (χ4v) is 2.28. The first-order valence-electron chi connectivity index (χ1n) is 5.88. The largest absolute Gasteiger partial charge is 0.416 e. The standard InChI is InChI=1S/C13H12BrF3N4/c1-7-2-3-10(9(14)4-7)19-11-5-8(13(15,16)17)6-12(20-11)21-18/h2-6H,18H2,1H3,(H2,19,20,21). The van der Waals surface area contributed by atoms with Gasteiger partial charge in [-0.3, -0.25) is 0 Å². The Balaban J connectivity index is 2.39. The van der Waals surface area contributed by atoms with Crippen LogP contribution in [0.5, 0.6) is 0 Å². The molecule has 0 unspecified atom stereocenters. The number of aryl methyl sites for hydroxylation is 1. The molecule has 0 aliphatic rings. The second-order valence-corrected chi connectivity index (χ2v) is 5.23. The van der Waals surface area contributed by atoms with Crippen molar-refractivity contribution in [2.24, 2.45) is 5.84 Å². The van der Waals surface area contributed by atoms with Crippen molar-refractivity contribution < 1.29 is 13.2 Å². The lowest BCUT2D eigenvalue weighted by Gasteiger charge is -2.13. The highest BCUT2D eigenvalue weighted by Crippen LogP contribution is 2.33. The summed E-state index contributed by atoms with van der Waals surface area (Å²) >= 11 is 3.35. The van der Waals surface area contributed by atoms with Gasteiger partial charge in [-0.15, -0.1) is 0 Å². The van der Waals surface area contributed by atoms with Crippen LogP contribution < -0.4 is 16.6 Å². The van der Waals surface area contributed by atoms with Gasteiger partial charge in [-0.1, -0.05) is 6.07 Å². The van der Waals surface area contributed by atoms with Gasteiger partial charge in [-0.2, -0.15) is 13.2 Å². The van der Waals surface area contributed by atoms with Crippen molar-refractivity contribution >= 4 is 33.3 Å². The van der Waals surface area contributed by atoms with Crippen molar-refractivity contribution in [1.29, 1.82) is 0 Å². The molecule has 1 aromatic heterocycles. The zero-order valence-corrected chi connectivity index (χ0v) is 12.5. The van der Waals surface area contributed by atoms with E-state index in [1.807, 2.05) is 19.1 Å². The summed E-state index contributed by atoms with van der Waals surface area (Å²) in [5, 5.41) is 2.83. The number of nitrogens with zero attached hydrogens (tertiary/aromatic N) is 1. The minimum atomic E-state index is -4.48. The quantitative estimate of drug-likeness (QED) is 0.566. The van der Waals surface area contributed by atoms with Crippen molar-refractivity contribution in [3.05, 3.63) is 45.9 Å². The van der Waals surface area contributed by atoms with Crippen LogP contribution in [0, 0.1) is 6.92 Å². The van der Waals surface area contributed by atoms with E-state index in [-0.39, 0.29) is 11.6 Å². The lowest BCUT2D eigenvalue weighted by molar-refractivity contribution is -0.137. The van der Waals surface area contributed by atoms with Crippen LogP contribution in [0.2, 0.25) is 0 Å². The van der Waals surface area contributed by atoms with Gasteiger partial charge in [-0.25, -0.2) is 10.8 Å². The van der Waals surface area contributed by atoms with E-state index in [2.05, 4.69) is 31.7 Å². The molecule has 0 atom stereocenters. The minimum absolute atomic E-state index is 0.0438. The maximum Gasteiger partial charge on any atom is 0.416 e. The molecule has 8 heteroatoms. The molecule has 1 aromatic carbocycles. The first kappa shape index (κ1) is 15.6. The summed E-state index contributed by atoms with van der Waals surface area (Å²) in [6.07, 6.45) is -4.48. The highest BCUT2D eigenvalue weighted by Gasteiger charge is 2.31. The average Bonchev–Trinajstić information content (AvgIpc) is 2.40. The first-order valence-corrected chi connectivity index (χ1v) is 6.68. The number of alkyl halides is 3. The van der Waals surface area contributed by atoms with Gasteiger partial charge in [0, 0.05) is 4.47 Å². The first-order chi connectivity index (χ1) is 9.79. The summed E-state index contributed by atoms with van der Waals surface area (Å²) in [5.41, 5.74) is 2.92. The molecule has 0 saturated carbocycles. The highest BCUT2D eigenvalue weighted by molar-refractivity contribution is 9.10. The Kier molecular flexibility index (Phi) is 4.38. The van der Waals surface area contributed by atoms with E-state index in [1.54, 1.807) is 6.07 Å². The van der Waals surface area contributed by atoms with Gasteiger partial charge >= 0.3 is 6.18 Å². The van der Waals surface area contributed by atoms with Crippen molar-refractivity contribution in [1.82, 2.24) is 4.98 Å². The Bertz CT molecular complexity index is 658. The van der Waals surface area contributed by atoms with E-state index < -0.39 is 11.7 Å². The summed E-state index contributed by atoms with van der Waals surface area (Å²) in [5.74, 6) is 5.13. The maximum absolute atomic E-state index is 12.8. The van der Waals surface area contributed by atoms with Gasteiger partial charge in [0.1, 0.15) is 11.6 Å². The second kappa shape index (κ2) is 5.90. The number of benzene rings is 1. The maximum atomic E-state index is 12.8. The normalized spacial score (nSPS) is 11.3. The molecule has 2 aromatic rings. The molecule has 2 rings (SSSR count). The topological polar surface area (TPSA) is 63.0 Å². The fourth-order valence-electron chi connectivity index (χ4n) is 1.69. The predicted molar refractivity (Wildman–Crippen MR) is 79.2 cm³/mol. The predicted octanol–water partition coefficient (Wildman–Crippen LogP) is 4.20. The molecule has 21 heavy (non-hydrogen) atoms. The van der Waals surface area contributed by atoms with E-state index in [0.29, 0.717) is 5.69 Å². The SMILES string of the molecule is Cc1ccc(Nc2cc(C(F)(F)F)cc(NN)n2)c(Br)c1. The van der Waals surface area contributed by atoms with Crippen LogP contribution in [-0.4, -0.2) is 4.98 Å². The zero-order valence-electron chi connectivity index (χ0n) is 10.9. The Morgan fingerprint density at radius 1 is 1.14 bits per heavy atom. The summed E-state index contributed by atoms with van der Waals surface area (Å²) in [4.78, 5) is 3.96. The van der Waals surface area contributed by atoms with Gasteiger partial charge in [0.15, 0.2) is 0 Å². The zero-order chi connectivity index (χ0) is 15.6. The fraction of sp³-hybridized carbons (Fsp3) is 0.154. The molecule has 112 valence electrons. The highest BCUT2D eigenvalue weighted by atomic mass is 79.9. The number of nitrogens with one attached hydrogen (secondary N) is 2. The summed E-state index contributed by atoms with van der Waals surface area (Å²) in [6, 6.07) is 7.19. The number of aromatic nitrogens is 1. The van der Waals surface area contributed by atoms with Crippen molar-refractivity contribution in [3.8, 4) is 0 Å². The van der Waals surface area contributed by atoms with Crippen molar-refractivity contribution in [2.75, 3.05) is 10.7 Å². The van der Waals surface area contributed by atoms with E-state index in [9.17, 15) is 13.2 Å². The molecular weight excluding hydrogens is 349 g/mol. The van der Waals surface area contributed by atoms with Crippen LogP contribution in [0.3, 0.4) is 0 Å². The number of anilines is 3. The number of hydrazine groups is 1. The van der Waals surface area contributed by atoms with Gasteiger partial charge in [-0.05, 0) is 52.7 Å². The third kappa shape index (κ3) is 3.85. The molecule has 4 nitrogen and oxygen atoms in total. The van der Waals surface area contributed by atoms with Crippen molar-refractivity contribution in [2.45, 2.75) is 13.1 Å². The van der Waals surface area contributed by atoms with Gasteiger partial charge < -0.3 is 10.7 Å². The Labute approximate surface area is 127 Å². The number of rotatable bonds is 3. The third-order valence-electron chi connectivity index (χ3n) is 2.69.